The summed E-state index contributed by atoms with van der Waals surface area (Å²) < 4.78 is 10.3. The lowest BCUT2D eigenvalue weighted by Crippen LogP contribution is -2.10. The molecule has 4 nitrogen and oxygen atoms in total. The van der Waals surface area contributed by atoms with Crippen molar-refractivity contribution >= 4 is 11.9 Å². The topological polar surface area (TPSA) is 52.6 Å². The molecule has 98 valence electrons. The average Bonchev–Trinajstić information content (AvgIpc) is 2.29. The summed E-state index contributed by atoms with van der Waals surface area (Å²) in [7, 11) is 0. The molecule has 0 aliphatic heterocycles. The molecule has 0 fully saturated rings. The van der Waals surface area contributed by atoms with Crippen LogP contribution in [0.5, 0.6) is 11.5 Å². The highest BCUT2D eigenvalue weighted by Crippen LogP contribution is 2.35. The number of benzene rings is 1. The minimum absolute atomic E-state index is 0.298. The van der Waals surface area contributed by atoms with Gasteiger partial charge in [0.15, 0.2) is 11.5 Å². The Kier molecular flexibility index (Phi) is 4.89. The van der Waals surface area contributed by atoms with Crippen molar-refractivity contribution in [1.82, 2.24) is 0 Å². The van der Waals surface area contributed by atoms with Gasteiger partial charge < -0.3 is 9.47 Å². The Morgan fingerprint density at radius 2 is 1.61 bits per heavy atom. The largest absolute Gasteiger partial charge is 0.423 e. The fraction of sp³-hybridized carbons (Fsp3) is 0.429. The van der Waals surface area contributed by atoms with Gasteiger partial charge in [-0.25, -0.2) is 0 Å². The van der Waals surface area contributed by atoms with Gasteiger partial charge in [0.1, 0.15) is 0 Å². The van der Waals surface area contributed by atoms with E-state index in [1.165, 1.54) is 13.8 Å². The molecule has 1 rings (SSSR count). The Hall–Kier alpha value is -1.84. The molecule has 0 aromatic heterocycles. The number of carbonyl (C=O) groups excluding carboxylic acids is 2. The van der Waals surface area contributed by atoms with E-state index in [4.69, 9.17) is 9.47 Å². The van der Waals surface area contributed by atoms with Crippen LogP contribution in [-0.2, 0) is 22.4 Å². The van der Waals surface area contributed by atoms with E-state index in [0.717, 1.165) is 17.5 Å². The van der Waals surface area contributed by atoms with Gasteiger partial charge in [0.25, 0.3) is 0 Å². The van der Waals surface area contributed by atoms with Gasteiger partial charge in [-0.15, -0.1) is 0 Å². The molecule has 4 heteroatoms. The van der Waals surface area contributed by atoms with Crippen molar-refractivity contribution in [3.05, 3.63) is 23.3 Å². The first kappa shape index (κ1) is 14.2. The number of carbonyl (C=O) groups is 2. The smallest absolute Gasteiger partial charge is 0.308 e. The zero-order chi connectivity index (χ0) is 13.7. The molecule has 0 N–H and O–H groups in total. The third kappa shape index (κ3) is 3.32. The zero-order valence-electron chi connectivity index (χ0n) is 11.2. The standard InChI is InChI=1S/C14H18O4/c1-5-11-7-8-13(17-9(3)15)14(12(11)6-2)18-10(4)16/h7-8H,5-6H2,1-4H3. The average molecular weight is 250 g/mol. The van der Waals surface area contributed by atoms with Gasteiger partial charge in [0.2, 0.25) is 0 Å². The van der Waals surface area contributed by atoms with E-state index in [1.54, 1.807) is 6.07 Å². The number of ether oxygens (including phenoxy) is 2. The quantitative estimate of drug-likeness (QED) is 0.609. The van der Waals surface area contributed by atoms with Gasteiger partial charge in [-0.05, 0) is 24.5 Å². The van der Waals surface area contributed by atoms with Crippen molar-refractivity contribution in [2.24, 2.45) is 0 Å². The minimum atomic E-state index is -0.435. The summed E-state index contributed by atoms with van der Waals surface area (Å²) in [5, 5.41) is 0. The van der Waals surface area contributed by atoms with Crippen molar-refractivity contribution in [2.45, 2.75) is 40.5 Å². The lowest BCUT2D eigenvalue weighted by atomic mass is 10.0. The summed E-state index contributed by atoms with van der Waals surface area (Å²) in [5.74, 6) is -0.202. The monoisotopic (exact) mass is 250 g/mol. The third-order valence-electron chi connectivity index (χ3n) is 2.56. The maximum Gasteiger partial charge on any atom is 0.308 e. The molecule has 18 heavy (non-hydrogen) atoms. The first-order chi connectivity index (χ1) is 8.49. The van der Waals surface area contributed by atoms with Crippen LogP contribution in [0.25, 0.3) is 0 Å². The molecule has 0 aliphatic rings. The Labute approximate surface area is 107 Å². The van der Waals surface area contributed by atoms with Gasteiger partial charge in [-0.2, -0.15) is 0 Å². The highest BCUT2D eigenvalue weighted by molar-refractivity contribution is 5.74. The fourth-order valence-corrected chi connectivity index (χ4v) is 1.86. The Bertz CT molecular complexity index is 463. The maximum atomic E-state index is 11.2. The van der Waals surface area contributed by atoms with Crippen LogP contribution in [0, 0.1) is 0 Å². The number of hydrogen-bond acceptors (Lipinski definition) is 4. The molecule has 0 amide bonds. The highest BCUT2D eigenvalue weighted by atomic mass is 16.6. The molecular weight excluding hydrogens is 232 g/mol. The summed E-state index contributed by atoms with van der Waals surface area (Å²) in [6.45, 7) is 6.64. The van der Waals surface area contributed by atoms with E-state index in [-0.39, 0.29) is 0 Å². The summed E-state index contributed by atoms with van der Waals surface area (Å²) >= 11 is 0. The van der Waals surface area contributed by atoms with Gasteiger partial charge in [-0.1, -0.05) is 19.9 Å². The van der Waals surface area contributed by atoms with Gasteiger partial charge in [-0.3, -0.25) is 9.59 Å². The van der Waals surface area contributed by atoms with Crippen LogP contribution in [0.2, 0.25) is 0 Å². The van der Waals surface area contributed by atoms with Crippen LogP contribution >= 0.6 is 0 Å². The Balaban J connectivity index is 3.33. The molecular formula is C14H18O4. The first-order valence-electron chi connectivity index (χ1n) is 6.01. The molecule has 0 saturated heterocycles. The minimum Gasteiger partial charge on any atom is -0.423 e. The van der Waals surface area contributed by atoms with Crippen molar-refractivity contribution in [2.75, 3.05) is 0 Å². The molecule has 0 atom stereocenters. The van der Waals surface area contributed by atoms with Crippen LogP contribution in [0.15, 0.2) is 12.1 Å². The van der Waals surface area contributed by atoms with Crippen molar-refractivity contribution < 1.29 is 19.1 Å². The Morgan fingerprint density at radius 3 is 2.06 bits per heavy atom. The number of rotatable bonds is 4. The number of hydrogen-bond donors (Lipinski definition) is 0. The van der Waals surface area contributed by atoms with Crippen LogP contribution in [0.1, 0.15) is 38.8 Å². The van der Waals surface area contributed by atoms with E-state index in [9.17, 15) is 9.59 Å². The van der Waals surface area contributed by atoms with Crippen LogP contribution in [0.4, 0.5) is 0 Å². The third-order valence-corrected chi connectivity index (χ3v) is 2.56. The van der Waals surface area contributed by atoms with E-state index >= 15 is 0 Å². The second-order valence-electron chi connectivity index (χ2n) is 3.92. The Morgan fingerprint density at radius 1 is 1.00 bits per heavy atom. The van der Waals surface area contributed by atoms with Crippen LogP contribution < -0.4 is 9.47 Å². The molecule has 0 radical (unpaired) electrons. The van der Waals surface area contributed by atoms with Crippen molar-refractivity contribution in [3.63, 3.8) is 0 Å². The molecule has 0 spiro atoms. The molecule has 0 bridgehead atoms. The fourth-order valence-electron chi connectivity index (χ4n) is 1.86. The van der Waals surface area contributed by atoms with Crippen LogP contribution in [-0.4, -0.2) is 11.9 Å². The SMILES string of the molecule is CCc1ccc(OC(C)=O)c(OC(C)=O)c1CC. The lowest BCUT2D eigenvalue weighted by Gasteiger charge is -2.15. The zero-order valence-corrected chi connectivity index (χ0v) is 11.2. The molecule has 1 aromatic carbocycles. The molecule has 0 saturated carbocycles. The summed E-state index contributed by atoms with van der Waals surface area (Å²) in [6, 6.07) is 3.56. The molecule has 1 aromatic rings. The predicted octanol–water partition coefficient (Wildman–Crippen LogP) is 2.66. The van der Waals surface area contributed by atoms with E-state index < -0.39 is 11.9 Å². The number of aryl methyl sites for hydroxylation is 1. The second kappa shape index (κ2) is 6.19. The first-order valence-corrected chi connectivity index (χ1v) is 6.01. The van der Waals surface area contributed by atoms with Gasteiger partial charge in [0.05, 0.1) is 0 Å². The van der Waals surface area contributed by atoms with Gasteiger partial charge in [0, 0.05) is 19.4 Å². The molecule has 0 heterocycles. The highest BCUT2D eigenvalue weighted by Gasteiger charge is 2.17. The van der Waals surface area contributed by atoms with E-state index in [1.807, 2.05) is 19.9 Å². The molecule has 0 aliphatic carbocycles. The second-order valence-corrected chi connectivity index (χ2v) is 3.92. The lowest BCUT2D eigenvalue weighted by molar-refractivity contribution is -0.134. The summed E-state index contributed by atoms with van der Waals surface area (Å²) in [5.41, 5.74) is 2.00. The number of esters is 2. The summed E-state index contributed by atoms with van der Waals surface area (Å²) in [4.78, 5) is 22.2. The predicted molar refractivity (Wildman–Crippen MR) is 67.8 cm³/mol. The van der Waals surface area contributed by atoms with E-state index in [2.05, 4.69) is 0 Å². The molecule has 0 unspecified atom stereocenters. The van der Waals surface area contributed by atoms with Crippen LogP contribution in [0.3, 0.4) is 0 Å². The van der Waals surface area contributed by atoms with Crippen molar-refractivity contribution in [1.29, 1.82) is 0 Å². The summed E-state index contributed by atoms with van der Waals surface area (Å²) in [6.07, 6.45) is 1.54. The van der Waals surface area contributed by atoms with Gasteiger partial charge >= 0.3 is 11.9 Å². The van der Waals surface area contributed by atoms with Crippen molar-refractivity contribution in [3.8, 4) is 11.5 Å². The van der Waals surface area contributed by atoms with E-state index in [0.29, 0.717) is 17.9 Å². The normalized spacial score (nSPS) is 10.0. The maximum absolute atomic E-state index is 11.2.